The van der Waals surface area contributed by atoms with Crippen molar-refractivity contribution in [3.8, 4) is 0 Å². The number of aryl methyl sites for hydroxylation is 1. The predicted octanol–water partition coefficient (Wildman–Crippen LogP) is 3.07. The fourth-order valence-corrected chi connectivity index (χ4v) is 5.50. The zero-order valence-corrected chi connectivity index (χ0v) is 22.6. The minimum absolute atomic E-state index is 0.00603. The Labute approximate surface area is 216 Å². The van der Waals surface area contributed by atoms with Gasteiger partial charge in [0.05, 0.1) is 29.2 Å². The van der Waals surface area contributed by atoms with Gasteiger partial charge in [0.1, 0.15) is 5.82 Å². The number of hydrogen-bond donors (Lipinski definition) is 2. The van der Waals surface area contributed by atoms with Crippen LogP contribution in [0.25, 0.3) is 5.65 Å². The summed E-state index contributed by atoms with van der Waals surface area (Å²) in [6, 6.07) is 6.12. The molecule has 194 valence electrons. The Bertz CT molecular complexity index is 1410. The van der Waals surface area contributed by atoms with E-state index >= 15 is 0 Å². The molecular weight excluding hydrogens is 502 g/mol. The van der Waals surface area contributed by atoms with E-state index in [2.05, 4.69) is 9.62 Å². The van der Waals surface area contributed by atoms with Crippen LogP contribution in [-0.4, -0.2) is 66.3 Å². The smallest absolute Gasteiger partial charge is 0.256 e. The number of benzene rings is 1. The van der Waals surface area contributed by atoms with Crippen LogP contribution >= 0.6 is 11.6 Å². The first-order valence-corrected chi connectivity index (χ1v) is 14.0. The van der Waals surface area contributed by atoms with Gasteiger partial charge in [0.25, 0.3) is 5.91 Å². The van der Waals surface area contributed by atoms with Crippen LogP contribution in [0.4, 0.5) is 11.5 Å². The summed E-state index contributed by atoms with van der Waals surface area (Å²) in [5.74, 6) is 0.518. The number of halogens is 1. The summed E-state index contributed by atoms with van der Waals surface area (Å²) in [7, 11) is -1.92. The van der Waals surface area contributed by atoms with Crippen molar-refractivity contribution in [2.45, 2.75) is 39.3 Å². The topological polar surface area (TPSA) is 126 Å². The summed E-state index contributed by atoms with van der Waals surface area (Å²) in [6.45, 7) is 7.63. The second-order valence-electron chi connectivity index (χ2n) is 9.78. The van der Waals surface area contributed by atoms with Gasteiger partial charge in [-0.2, -0.15) is 5.10 Å². The second-order valence-corrected chi connectivity index (χ2v) is 12.0. The number of nitrogens with two attached hydrogens (primary N) is 1. The number of carbonyl (C=O) groups excluding carboxylic acids is 1. The normalized spacial score (nSPS) is 17.1. The Hall–Kier alpha value is -2.89. The average Bonchev–Trinajstić information content (AvgIpc) is 3.38. The summed E-state index contributed by atoms with van der Waals surface area (Å²) in [5.41, 5.74) is 8.78. The zero-order chi connectivity index (χ0) is 26.4. The third-order valence-corrected chi connectivity index (χ3v) is 7.15. The van der Waals surface area contributed by atoms with E-state index in [1.165, 1.54) is 18.2 Å². The molecular formula is C24H32ClN7O3S. The van der Waals surface area contributed by atoms with E-state index in [9.17, 15) is 13.2 Å². The van der Waals surface area contributed by atoms with Crippen molar-refractivity contribution in [2.75, 3.05) is 36.0 Å². The maximum absolute atomic E-state index is 13.6. The van der Waals surface area contributed by atoms with E-state index in [1.54, 1.807) is 16.5 Å². The summed E-state index contributed by atoms with van der Waals surface area (Å²) in [6.07, 6.45) is 3.90. The van der Waals surface area contributed by atoms with Crippen LogP contribution in [0.3, 0.4) is 0 Å². The van der Waals surface area contributed by atoms with Gasteiger partial charge in [-0.25, -0.2) is 17.9 Å². The quantitative estimate of drug-likeness (QED) is 0.478. The Morgan fingerprint density at radius 2 is 2.03 bits per heavy atom. The monoisotopic (exact) mass is 533 g/mol. The Morgan fingerprint density at radius 1 is 1.31 bits per heavy atom. The highest BCUT2D eigenvalue weighted by atomic mass is 35.5. The minimum atomic E-state index is -3.60. The lowest BCUT2D eigenvalue weighted by Gasteiger charge is -2.30. The van der Waals surface area contributed by atoms with Gasteiger partial charge in [0, 0.05) is 49.0 Å². The van der Waals surface area contributed by atoms with Gasteiger partial charge < -0.3 is 15.5 Å². The molecule has 1 aliphatic heterocycles. The van der Waals surface area contributed by atoms with Gasteiger partial charge in [-0.05, 0) is 37.5 Å². The molecule has 0 saturated carbocycles. The molecule has 0 aliphatic carbocycles. The first-order valence-electron chi connectivity index (χ1n) is 11.8. The van der Waals surface area contributed by atoms with Crippen LogP contribution in [0.1, 0.15) is 47.9 Å². The van der Waals surface area contributed by atoms with E-state index in [1.807, 2.05) is 33.0 Å². The first kappa shape index (κ1) is 26.2. The number of anilines is 2. The van der Waals surface area contributed by atoms with Gasteiger partial charge in [-0.3, -0.25) is 9.52 Å². The number of nitrogens with one attached hydrogen (secondary N) is 1. The lowest BCUT2D eigenvalue weighted by molar-refractivity contribution is 0.0683. The lowest BCUT2D eigenvalue weighted by atomic mass is 9.98. The molecule has 1 fully saturated rings. The summed E-state index contributed by atoms with van der Waals surface area (Å²) < 4.78 is 27.9. The largest absolute Gasteiger partial charge is 0.355 e. The molecule has 3 aromatic rings. The van der Waals surface area contributed by atoms with E-state index in [-0.39, 0.29) is 29.1 Å². The highest BCUT2D eigenvalue weighted by Gasteiger charge is 2.30. The molecule has 0 unspecified atom stereocenters. The van der Waals surface area contributed by atoms with Crippen molar-refractivity contribution in [3.05, 3.63) is 52.3 Å². The number of nitrogens with zero attached hydrogens (tertiary/aromatic N) is 5. The highest BCUT2D eigenvalue weighted by molar-refractivity contribution is 7.92. The molecule has 1 saturated heterocycles. The zero-order valence-electron chi connectivity index (χ0n) is 21.1. The van der Waals surface area contributed by atoms with Crippen LogP contribution < -0.4 is 15.4 Å². The molecule has 0 radical (unpaired) electrons. The number of hydrogen-bond acceptors (Lipinski definition) is 7. The number of carbonyl (C=O) groups is 1. The number of amides is 1. The molecule has 1 amide bonds. The highest BCUT2D eigenvalue weighted by Crippen LogP contribution is 2.32. The predicted molar refractivity (Wildman–Crippen MR) is 142 cm³/mol. The molecule has 0 spiro atoms. The molecule has 2 aromatic heterocycles. The van der Waals surface area contributed by atoms with Crippen molar-refractivity contribution in [1.29, 1.82) is 0 Å². The Kier molecular flexibility index (Phi) is 7.18. The number of sulfonamides is 1. The van der Waals surface area contributed by atoms with Crippen LogP contribution in [0, 0.1) is 12.8 Å². The molecule has 1 aliphatic rings. The van der Waals surface area contributed by atoms with Crippen molar-refractivity contribution in [3.63, 3.8) is 0 Å². The van der Waals surface area contributed by atoms with Crippen LogP contribution in [0.15, 0.2) is 30.5 Å². The van der Waals surface area contributed by atoms with Gasteiger partial charge in [0.15, 0.2) is 5.65 Å². The average molecular weight is 534 g/mol. The molecule has 4 rings (SSSR count). The van der Waals surface area contributed by atoms with Crippen molar-refractivity contribution in [1.82, 2.24) is 19.5 Å². The van der Waals surface area contributed by atoms with E-state index in [0.29, 0.717) is 16.4 Å². The second kappa shape index (κ2) is 9.87. The van der Waals surface area contributed by atoms with Gasteiger partial charge in [-0.15, -0.1) is 0 Å². The summed E-state index contributed by atoms with van der Waals surface area (Å²) >= 11 is 6.16. The Morgan fingerprint density at radius 3 is 2.64 bits per heavy atom. The van der Waals surface area contributed by atoms with Crippen molar-refractivity contribution < 1.29 is 13.2 Å². The van der Waals surface area contributed by atoms with Crippen molar-refractivity contribution >= 4 is 44.7 Å². The van der Waals surface area contributed by atoms with E-state index in [4.69, 9.17) is 27.4 Å². The van der Waals surface area contributed by atoms with Gasteiger partial charge in [0.2, 0.25) is 10.0 Å². The van der Waals surface area contributed by atoms with Crippen molar-refractivity contribution in [2.24, 2.45) is 11.7 Å². The van der Waals surface area contributed by atoms with Gasteiger partial charge >= 0.3 is 0 Å². The maximum Gasteiger partial charge on any atom is 0.256 e. The first-order chi connectivity index (χ1) is 16.8. The van der Waals surface area contributed by atoms with Crippen LogP contribution in [0.2, 0.25) is 5.02 Å². The molecule has 1 aromatic carbocycles. The SMILES string of the molecule is Cc1cn2nc([C@H](C(C)C)N(C)C(=O)c3cc(Cl)ccc3NS(C)(=O)=O)cc2nc1N1CC[C@H](N)C1. The molecule has 0 bridgehead atoms. The maximum atomic E-state index is 13.6. The molecule has 3 N–H and O–H groups in total. The van der Waals surface area contributed by atoms with E-state index in [0.717, 1.165) is 37.1 Å². The minimum Gasteiger partial charge on any atom is -0.355 e. The molecule has 10 nitrogen and oxygen atoms in total. The fraction of sp³-hybridized carbons (Fsp3) is 0.458. The van der Waals surface area contributed by atoms with E-state index < -0.39 is 16.1 Å². The fourth-order valence-electron chi connectivity index (χ4n) is 4.75. The Balaban J connectivity index is 1.70. The third kappa shape index (κ3) is 5.42. The summed E-state index contributed by atoms with van der Waals surface area (Å²) in [5, 5.41) is 5.08. The standard InChI is InChI=1S/C24H32ClN7O3S/c1-14(2)22(30(4)24(33)18-10-16(25)6-7-19(18)29-36(5,34)35)20-11-21-27-23(15(3)12-32(21)28-20)31-9-8-17(26)13-31/h6-7,10-12,14,17,22,29H,8-9,13,26H2,1-5H3/t17-,22-/m0/s1. The molecule has 36 heavy (non-hydrogen) atoms. The summed E-state index contributed by atoms with van der Waals surface area (Å²) in [4.78, 5) is 22.2. The van der Waals surface area contributed by atoms with Crippen LogP contribution in [0.5, 0.6) is 0 Å². The number of rotatable bonds is 7. The molecule has 3 heterocycles. The van der Waals surface area contributed by atoms with Crippen LogP contribution in [-0.2, 0) is 10.0 Å². The lowest BCUT2D eigenvalue weighted by Crippen LogP contribution is -2.35. The molecule has 12 heteroatoms. The van der Waals surface area contributed by atoms with Gasteiger partial charge in [-0.1, -0.05) is 25.4 Å². The number of aromatic nitrogens is 3. The third-order valence-electron chi connectivity index (χ3n) is 6.33. The number of fused-ring (bicyclic) bond motifs is 1. The molecule has 2 atom stereocenters.